The summed E-state index contributed by atoms with van der Waals surface area (Å²) >= 11 is 0. The number of carbonyl (C=O) groups excluding carboxylic acids is 2. The molecule has 0 saturated carbocycles. The van der Waals surface area contributed by atoms with Gasteiger partial charge in [-0.1, -0.05) is 43.3 Å². The number of benzene rings is 2. The lowest BCUT2D eigenvalue weighted by Gasteiger charge is -2.09. The van der Waals surface area contributed by atoms with Crippen molar-refractivity contribution < 1.29 is 19.1 Å². The van der Waals surface area contributed by atoms with Crippen molar-refractivity contribution in [2.24, 2.45) is 0 Å². The van der Waals surface area contributed by atoms with E-state index in [-0.39, 0.29) is 19.1 Å². The molecule has 5 nitrogen and oxygen atoms in total. The van der Waals surface area contributed by atoms with Crippen LogP contribution in [0.5, 0.6) is 5.75 Å². The zero-order valence-corrected chi connectivity index (χ0v) is 15.3. The number of aryl methyl sites for hydroxylation is 2. The van der Waals surface area contributed by atoms with Crippen molar-refractivity contribution in [3.05, 3.63) is 65.2 Å². The van der Waals surface area contributed by atoms with Gasteiger partial charge in [0.1, 0.15) is 5.75 Å². The molecule has 0 aliphatic heterocycles. The van der Waals surface area contributed by atoms with Crippen LogP contribution in [0.3, 0.4) is 0 Å². The minimum Gasteiger partial charge on any atom is -0.482 e. The Morgan fingerprint density at radius 3 is 2.42 bits per heavy atom. The second-order valence-corrected chi connectivity index (χ2v) is 5.97. The van der Waals surface area contributed by atoms with Crippen LogP contribution in [0.2, 0.25) is 0 Å². The fourth-order valence-electron chi connectivity index (χ4n) is 2.43. The molecule has 0 fully saturated rings. The topological polar surface area (TPSA) is 64.6 Å². The zero-order chi connectivity index (χ0) is 18.8. The highest BCUT2D eigenvalue weighted by molar-refractivity contribution is 5.80. The fraction of sp³-hybridized carbons (Fsp3) is 0.333. The van der Waals surface area contributed by atoms with Crippen LogP contribution in [-0.2, 0) is 27.2 Å². The Bertz CT molecular complexity index is 725. The van der Waals surface area contributed by atoms with Crippen molar-refractivity contribution >= 4 is 11.9 Å². The lowest BCUT2D eigenvalue weighted by molar-refractivity contribution is -0.150. The third kappa shape index (κ3) is 6.59. The molecule has 0 bridgehead atoms. The summed E-state index contributed by atoms with van der Waals surface area (Å²) in [6.45, 7) is 4.09. The lowest BCUT2D eigenvalue weighted by atomic mass is 10.1. The highest BCUT2D eigenvalue weighted by atomic mass is 16.6. The van der Waals surface area contributed by atoms with Gasteiger partial charge in [-0.05, 0) is 48.6 Å². The van der Waals surface area contributed by atoms with Gasteiger partial charge in [0.15, 0.2) is 13.2 Å². The first-order valence-corrected chi connectivity index (χ1v) is 8.77. The SMILES string of the molecule is CCc1ccc(OCC(=O)OCC(=O)NCCc2ccccc2C)cc1. The van der Waals surface area contributed by atoms with E-state index in [2.05, 4.69) is 12.2 Å². The van der Waals surface area contributed by atoms with Gasteiger partial charge in [-0.25, -0.2) is 4.79 Å². The molecule has 5 heteroatoms. The van der Waals surface area contributed by atoms with Crippen LogP contribution < -0.4 is 10.1 Å². The van der Waals surface area contributed by atoms with Crippen molar-refractivity contribution in [2.75, 3.05) is 19.8 Å². The summed E-state index contributed by atoms with van der Waals surface area (Å²) < 4.78 is 10.3. The molecule has 0 aliphatic carbocycles. The number of nitrogens with one attached hydrogen (secondary N) is 1. The van der Waals surface area contributed by atoms with Crippen LogP contribution in [-0.4, -0.2) is 31.6 Å². The summed E-state index contributed by atoms with van der Waals surface area (Å²) in [5.41, 5.74) is 3.58. The van der Waals surface area contributed by atoms with Crippen LogP contribution >= 0.6 is 0 Å². The highest BCUT2D eigenvalue weighted by Crippen LogP contribution is 2.12. The van der Waals surface area contributed by atoms with Gasteiger partial charge in [0.05, 0.1) is 0 Å². The van der Waals surface area contributed by atoms with E-state index in [1.165, 1.54) is 16.7 Å². The van der Waals surface area contributed by atoms with Crippen molar-refractivity contribution in [2.45, 2.75) is 26.7 Å². The molecule has 1 N–H and O–H groups in total. The van der Waals surface area contributed by atoms with Gasteiger partial charge in [-0.2, -0.15) is 0 Å². The predicted molar refractivity (Wildman–Crippen MR) is 100 cm³/mol. The van der Waals surface area contributed by atoms with Gasteiger partial charge in [0.25, 0.3) is 5.91 Å². The maximum Gasteiger partial charge on any atom is 0.344 e. The van der Waals surface area contributed by atoms with Gasteiger partial charge in [0.2, 0.25) is 0 Å². The summed E-state index contributed by atoms with van der Waals surface area (Å²) in [5.74, 6) is -0.292. The Morgan fingerprint density at radius 2 is 1.73 bits per heavy atom. The number of ether oxygens (including phenoxy) is 2. The molecule has 0 unspecified atom stereocenters. The number of rotatable bonds is 9. The molecule has 138 valence electrons. The minimum absolute atomic E-state index is 0.220. The number of carbonyl (C=O) groups is 2. The van der Waals surface area contributed by atoms with Crippen LogP contribution in [0.25, 0.3) is 0 Å². The third-order valence-corrected chi connectivity index (χ3v) is 4.03. The van der Waals surface area contributed by atoms with E-state index in [1.54, 1.807) is 0 Å². The van der Waals surface area contributed by atoms with Crippen LogP contribution in [0, 0.1) is 6.92 Å². The van der Waals surface area contributed by atoms with E-state index < -0.39 is 5.97 Å². The molecule has 0 aliphatic rings. The first kappa shape index (κ1) is 19.5. The summed E-state index contributed by atoms with van der Waals surface area (Å²) in [6.07, 6.45) is 1.69. The van der Waals surface area contributed by atoms with E-state index in [4.69, 9.17) is 9.47 Å². The second-order valence-electron chi connectivity index (χ2n) is 5.97. The summed E-state index contributed by atoms with van der Waals surface area (Å²) in [7, 11) is 0. The largest absolute Gasteiger partial charge is 0.482 e. The van der Waals surface area contributed by atoms with E-state index in [1.807, 2.05) is 55.5 Å². The van der Waals surface area contributed by atoms with Gasteiger partial charge < -0.3 is 14.8 Å². The van der Waals surface area contributed by atoms with E-state index in [0.717, 1.165) is 12.8 Å². The quantitative estimate of drug-likeness (QED) is 0.703. The molecule has 0 aromatic heterocycles. The molecule has 2 rings (SSSR count). The molecule has 2 aromatic rings. The molecule has 0 heterocycles. The summed E-state index contributed by atoms with van der Waals surface area (Å²) in [5, 5.41) is 2.74. The maximum atomic E-state index is 11.7. The first-order chi connectivity index (χ1) is 12.6. The molecule has 2 aromatic carbocycles. The molecular formula is C21H25NO4. The van der Waals surface area contributed by atoms with E-state index in [9.17, 15) is 9.59 Å². The average Bonchev–Trinajstić information content (AvgIpc) is 2.66. The zero-order valence-electron chi connectivity index (χ0n) is 15.3. The standard InChI is InChI=1S/C21H25NO4/c1-3-17-8-10-19(11-9-17)25-15-21(24)26-14-20(23)22-13-12-18-7-5-4-6-16(18)2/h4-11H,3,12-15H2,1-2H3,(H,22,23). The van der Waals surface area contributed by atoms with Gasteiger partial charge in [-0.3, -0.25) is 4.79 Å². The van der Waals surface area contributed by atoms with Gasteiger partial charge in [-0.15, -0.1) is 0 Å². The average molecular weight is 355 g/mol. The minimum atomic E-state index is -0.571. The van der Waals surface area contributed by atoms with E-state index in [0.29, 0.717) is 12.3 Å². The molecule has 1 amide bonds. The molecule has 0 radical (unpaired) electrons. The normalized spacial score (nSPS) is 10.2. The fourth-order valence-corrected chi connectivity index (χ4v) is 2.43. The van der Waals surface area contributed by atoms with E-state index >= 15 is 0 Å². The number of esters is 1. The number of hydrogen-bond donors (Lipinski definition) is 1. The number of amides is 1. The Morgan fingerprint density at radius 1 is 1.00 bits per heavy atom. The Labute approximate surface area is 154 Å². The van der Waals surface area contributed by atoms with Crippen molar-refractivity contribution in [3.8, 4) is 5.75 Å². The Kier molecular flexibility index (Phi) is 7.68. The Balaban J connectivity index is 1.62. The lowest BCUT2D eigenvalue weighted by Crippen LogP contribution is -2.31. The number of hydrogen-bond acceptors (Lipinski definition) is 4. The van der Waals surface area contributed by atoms with Crippen LogP contribution in [0.4, 0.5) is 0 Å². The monoisotopic (exact) mass is 355 g/mol. The summed E-state index contributed by atoms with van der Waals surface area (Å²) in [4.78, 5) is 23.4. The highest BCUT2D eigenvalue weighted by Gasteiger charge is 2.08. The van der Waals surface area contributed by atoms with Gasteiger partial charge >= 0.3 is 5.97 Å². The smallest absolute Gasteiger partial charge is 0.344 e. The van der Waals surface area contributed by atoms with Crippen molar-refractivity contribution in [3.63, 3.8) is 0 Å². The van der Waals surface area contributed by atoms with Crippen molar-refractivity contribution in [1.82, 2.24) is 5.32 Å². The molecule has 0 saturated heterocycles. The molecular weight excluding hydrogens is 330 g/mol. The predicted octanol–water partition coefficient (Wildman–Crippen LogP) is 2.84. The summed E-state index contributed by atoms with van der Waals surface area (Å²) in [6, 6.07) is 15.5. The molecule has 26 heavy (non-hydrogen) atoms. The third-order valence-electron chi connectivity index (χ3n) is 4.03. The van der Waals surface area contributed by atoms with Gasteiger partial charge in [0, 0.05) is 6.54 Å². The first-order valence-electron chi connectivity index (χ1n) is 8.77. The van der Waals surface area contributed by atoms with Crippen molar-refractivity contribution in [1.29, 1.82) is 0 Å². The van der Waals surface area contributed by atoms with Crippen LogP contribution in [0.15, 0.2) is 48.5 Å². The Hall–Kier alpha value is -2.82. The molecule has 0 atom stereocenters. The molecule has 0 spiro atoms. The van der Waals surface area contributed by atoms with Crippen LogP contribution in [0.1, 0.15) is 23.6 Å². The maximum absolute atomic E-state index is 11.7. The second kappa shape index (κ2) is 10.2.